The number of likely N-dealkylation sites (N-methyl/N-ethyl adjacent to an activating group) is 1. The molecule has 2 aliphatic heterocycles. The molecule has 2 unspecified atom stereocenters. The summed E-state index contributed by atoms with van der Waals surface area (Å²) in [4.78, 5) is 18.8. The molecule has 0 radical (unpaired) electrons. The van der Waals surface area contributed by atoms with Gasteiger partial charge in [0.05, 0.1) is 5.92 Å². The van der Waals surface area contributed by atoms with Crippen LogP contribution in [0.4, 0.5) is 5.69 Å². The number of fused-ring (bicyclic) bond motifs is 3. The third kappa shape index (κ3) is 3.23. The van der Waals surface area contributed by atoms with Crippen LogP contribution in [0.3, 0.4) is 0 Å². The largest absolute Gasteiger partial charge is 0.308 e. The summed E-state index contributed by atoms with van der Waals surface area (Å²) in [6.07, 6.45) is 1.01. The number of carbonyl (C=O) groups excluding carboxylic acids is 1. The van der Waals surface area contributed by atoms with Gasteiger partial charge in [-0.1, -0.05) is 78.4 Å². The van der Waals surface area contributed by atoms with Crippen LogP contribution in [-0.2, 0) is 4.79 Å². The van der Waals surface area contributed by atoms with E-state index in [1.54, 1.807) is 0 Å². The van der Waals surface area contributed by atoms with Gasteiger partial charge < -0.3 is 9.80 Å². The van der Waals surface area contributed by atoms with Crippen LogP contribution in [0.2, 0.25) is 0 Å². The number of amides is 1. The maximum atomic E-state index is 14.2. The molecule has 3 aromatic carbocycles. The lowest BCUT2D eigenvalue weighted by Gasteiger charge is -2.37. The molecular formula is C27H28N2O. The molecule has 0 aromatic heterocycles. The molecule has 1 saturated heterocycles. The monoisotopic (exact) mass is 396 g/mol. The van der Waals surface area contributed by atoms with Crippen molar-refractivity contribution < 1.29 is 4.79 Å². The van der Waals surface area contributed by atoms with Crippen molar-refractivity contribution in [3.8, 4) is 0 Å². The van der Waals surface area contributed by atoms with Gasteiger partial charge in [-0.25, -0.2) is 0 Å². The summed E-state index contributed by atoms with van der Waals surface area (Å²) in [6, 6.07) is 27.3. The summed E-state index contributed by atoms with van der Waals surface area (Å²) < 4.78 is 0. The van der Waals surface area contributed by atoms with Crippen molar-refractivity contribution in [3.63, 3.8) is 0 Å². The fraction of sp³-hybridized carbons (Fsp3) is 0.296. The Labute approximate surface area is 178 Å². The zero-order valence-electron chi connectivity index (χ0n) is 17.7. The van der Waals surface area contributed by atoms with Gasteiger partial charge in [0.25, 0.3) is 0 Å². The number of hydrogen-bond donors (Lipinski definition) is 0. The van der Waals surface area contributed by atoms with Crippen molar-refractivity contribution in [3.05, 3.63) is 101 Å². The van der Waals surface area contributed by atoms with Gasteiger partial charge >= 0.3 is 0 Å². The summed E-state index contributed by atoms with van der Waals surface area (Å²) >= 11 is 0. The van der Waals surface area contributed by atoms with Gasteiger partial charge in [0, 0.05) is 24.2 Å². The maximum absolute atomic E-state index is 14.2. The number of piperidine rings is 1. The second-order valence-electron chi connectivity index (χ2n) is 8.75. The Hall–Kier alpha value is -2.91. The van der Waals surface area contributed by atoms with Crippen LogP contribution in [0.15, 0.2) is 78.9 Å². The number of hydrogen-bond acceptors (Lipinski definition) is 2. The van der Waals surface area contributed by atoms with Crippen LogP contribution in [0, 0.1) is 6.92 Å². The highest BCUT2D eigenvalue weighted by atomic mass is 16.2. The first-order valence-corrected chi connectivity index (χ1v) is 10.9. The number of likely N-dealkylation sites (tertiary alicyclic amines) is 1. The standard InChI is InChI=1S/C27H28N2O/c1-19-13-14-24-22(17-19)23-18-28(2)16-15-25(23)29(24)27(30)26(20-9-5-3-6-10-20)21-11-7-4-8-12-21/h3-14,17,23,25-26H,15-16,18H2,1-2H3. The summed E-state index contributed by atoms with van der Waals surface area (Å²) in [5, 5.41) is 0. The zero-order chi connectivity index (χ0) is 20.7. The van der Waals surface area contributed by atoms with E-state index in [4.69, 9.17) is 0 Å². The van der Waals surface area contributed by atoms with Gasteiger partial charge in [-0.15, -0.1) is 0 Å². The van der Waals surface area contributed by atoms with Crippen LogP contribution in [0.1, 0.15) is 40.5 Å². The number of aryl methyl sites for hydroxylation is 1. The number of rotatable bonds is 3. The first-order valence-electron chi connectivity index (χ1n) is 10.9. The van der Waals surface area contributed by atoms with E-state index in [0.29, 0.717) is 5.92 Å². The molecule has 2 aliphatic rings. The van der Waals surface area contributed by atoms with Crippen LogP contribution < -0.4 is 4.90 Å². The minimum Gasteiger partial charge on any atom is -0.308 e. The number of nitrogens with zero attached hydrogens (tertiary/aromatic N) is 2. The molecule has 3 heteroatoms. The molecule has 1 amide bonds. The second kappa shape index (κ2) is 7.73. The molecule has 0 aliphatic carbocycles. The number of benzene rings is 3. The van der Waals surface area contributed by atoms with Gasteiger partial charge in [-0.3, -0.25) is 4.79 Å². The fourth-order valence-corrected chi connectivity index (χ4v) is 5.28. The summed E-state index contributed by atoms with van der Waals surface area (Å²) in [6.45, 7) is 4.18. The van der Waals surface area contributed by atoms with E-state index in [1.807, 2.05) is 36.4 Å². The quantitative estimate of drug-likeness (QED) is 0.625. The van der Waals surface area contributed by atoms with E-state index in [-0.39, 0.29) is 17.9 Å². The Morgan fingerprint density at radius 1 is 0.933 bits per heavy atom. The highest BCUT2D eigenvalue weighted by Crippen LogP contribution is 2.46. The lowest BCUT2D eigenvalue weighted by Crippen LogP contribution is -2.48. The minimum atomic E-state index is -0.292. The van der Waals surface area contributed by atoms with Gasteiger partial charge in [0.15, 0.2) is 0 Å². The van der Waals surface area contributed by atoms with Crippen LogP contribution in [0.5, 0.6) is 0 Å². The Bertz CT molecular complexity index is 1010. The van der Waals surface area contributed by atoms with Gasteiger partial charge in [-0.2, -0.15) is 0 Å². The fourth-order valence-electron chi connectivity index (χ4n) is 5.28. The molecule has 1 fully saturated rings. The van der Waals surface area contributed by atoms with Gasteiger partial charge in [-0.05, 0) is 49.7 Å². The van der Waals surface area contributed by atoms with E-state index in [1.165, 1.54) is 11.1 Å². The molecule has 3 aromatic rings. The Morgan fingerprint density at radius 2 is 1.57 bits per heavy atom. The number of carbonyl (C=O) groups is 1. The Kier molecular flexibility index (Phi) is 4.92. The molecule has 0 bridgehead atoms. The van der Waals surface area contributed by atoms with Crippen LogP contribution in [-0.4, -0.2) is 37.0 Å². The molecule has 0 spiro atoms. The highest BCUT2D eigenvalue weighted by Gasteiger charge is 2.45. The van der Waals surface area contributed by atoms with E-state index in [9.17, 15) is 4.79 Å². The molecule has 0 N–H and O–H groups in total. The molecule has 5 rings (SSSR count). The summed E-state index contributed by atoms with van der Waals surface area (Å²) in [5.41, 5.74) is 5.81. The number of anilines is 1. The van der Waals surface area contributed by atoms with E-state index in [0.717, 1.165) is 36.3 Å². The first kappa shape index (κ1) is 19.1. The predicted molar refractivity (Wildman–Crippen MR) is 122 cm³/mol. The average Bonchev–Trinajstić information content (AvgIpc) is 3.08. The van der Waals surface area contributed by atoms with Crippen molar-refractivity contribution >= 4 is 11.6 Å². The van der Waals surface area contributed by atoms with E-state index < -0.39 is 0 Å². The van der Waals surface area contributed by atoms with Gasteiger partial charge in [0.1, 0.15) is 0 Å². The molecule has 0 saturated carbocycles. The SMILES string of the molecule is Cc1ccc2c(c1)C1CN(C)CCC1N2C(=O)C(c1ccccc1)c1ccccc1. The second-order valence-corrected chi connectivity index (χ2v) is 8.75. The minimum absolute atomic E-state index is 0.189. The molecule has 2 heterocycles. The van der Waals surface area contributed by atoms with Crippen molar-refractivity contribution in [1.29, 1.82) is 0 Å². The topological polar surface area (TPSA) is 23.6 Å². The van der Waals surface area contributed by atoms with E-state index in [2.05, 4.69) is 66.2 Å². The normalized spacial score (nSPS) is 20.8. The zero-order valence-corrected chi connectivity index (χ0v) is 17.7. The molecule has 2 atom stereocenters. The molecule has 30 heavy (non-hydrogen) atoms. The van der Waals surface area contributed by atoms with Crippen LogP contribution in [0.25, 0.3) is 0 Å². The molecule has 152 valence electrons. The maximum Gasteiger partial charge on any atom is 0.239 e. The molecular weight excluding hydrogens is 368 g/mol. The Balaban J connectivity index is 1.61. The van der Waals surface area contributed by atoms with Crippen LogP contribution >= 0.6 is 0 Å². The summed E-state index contributed by atoms with van der Waals surface area (Å²) in [7, 11) is 2.19. The lowest BCUT2D eigenvalue weighted by atomic mass is 9.87. The van der Waals surface area contributed by atoms with Gasteiger partial charge in [0.2, 0.25) is 5.91 Å². The van der Waals surface area contributed by atoms with Crippen molar-refractivity contribution in [2.24, 2.45) is 0 Å². The van der Waals surface area contributed by atoms with Crippen molar-refractivity contribution in [2.45, 2.75) is 31.2 Å². The van der Waals surface area contributed by atoms with Crippen molar-refractivity contribution in [1.82, 2.24) is 4.90 Å². The predicted octanol–water partition coefficient (Wildman–Crippen LogP) is 4.96. The van der Waals surface area contributed by atoms with Crippen molar-refractivity contribution in [2.75, 3.05) is 25.0 Å². The highest BCUT2D eigenvalue weighted by molar-refractivity contribution is 6.02. The third-order valence-electron chi connectivity index (χ3n) is 6.70. The lowest BCUT2D eigenvalue weighted by molar-refractivity contribution is -0.119. The third-order valence-corrected chi connectivity index (χ3v) is 6.70. The summed E-state index contributed by atoms with van der Waals surface area (Å²) in [5.74, 6) is 0.282. The Morgan fingerprint density at radius 3 is 2.20 bits per heavy atom. The molecule has 3 nitrogen and oxygen atoms in total. The first-order chi connectivity index (χ1) is 14.6. The van der Waals surface area contributed by atoms with E-state index >= 15 is 0 Å². The smallest absolute Gasteiger partial charge is 0.239 e. The average molecular weight is 397 g/mol.